The van der Waals surface area contributed by atoms with Gasteiger partial charge in [-0.3, -0.25) is 14.2 Å². The lowest BCUT2D eigenvalue weighted by molar-refractivity contribution is -0.148. The molecule has 3 fully saturated rings. The quantitative estimate of drug-likeness (QED) is 0.387. The first-order valence-corrected chi connectivity index (χ1v) is 11.7. The van der Waals surface area contributed by atoms with Crippen molar-refractivity contribution in [2.45, 2.75) is 38.6 Å². The Labute approximate surface area is 198 Å². The molecule has 3 aromatic heterocycles. The summed E-state index contributed by atoms with van der Waals surface area (Å²) in [5.74, 6) is -2.22. The molecular weight excluding hydrogens is 456 g/mol. The van der Waals surface area contributed by atoms with Gasteiger partial charge in [-0.25, -0.2) is 18.7 Å². The molecule has 3 heterocycles. The van der Waals surface area contributed by atoms with Crippen LogP contribution in [0.15, 0.2) is 30.6 Å². The van der Waals surface area contributed by atoms with Gasteiger partial charge in [0.05, 0.1) is 16.8 Å². The number of carboxylic acids is 1. The maximum atomic E-state index is 14.3. The number of carboxylic acid groups (broad SMARTS) is 1. The van der Waals surface area contributed by atoms with Gasteiger partial charge in [-0.2, -0.15) is 0 Å². The normalized spacial score (nSPS) is 23.7. The minimum Gasteiger partial charge on any atom is -0.481 e. The van der Waals surface area contributed by atoms with E-state index in [0.29, 0.717) is 22.4 Å². The third-order valence-electron chi connectivity index (χ3n) is 7.64. The summed E-state index contributed by atoms with van der Waals surface area (Å²) in [6.07, 6.45) is 6.79. The number of benzene rings is 1. The van der Waals surface area contributed by atoms with E-state index in [1.807, 2.05) is 0 Å². The number of aliphatic carboxylic acids is 1. The average molecular weight is 479 g/mol. The standard InChI is InChI=1S/C25H23F2N5O3/c1-11(33)32-7-6-15-22(29-20-13-4-2-12(3-5-13)19(20)25(34)35)30-23(31-24(15)32)17-10-28-21-16(17)8-14(26)9-18(21)27/h6-10,12-13,19-20,28H,2-5H2,1H3,(H,34,35)(H,29,30,31)/t12?,13?,19-,20-/m0/s1. The molecule has 1 aromatic carbocycles. The Hall–Kier alpha value is -3.82. The van der Waals surface area contributed by atoms with E-state index in [1.54, 1.807) is 12.3 Å². The predicted octanol–water partition coefficient (Wildman–Crippen LogP) is 4.82. The van der Waals surface area contributed by atoms with Gasteiger partial charge < -0.3 is 15.4 Å². The molecule has 7 rings (SSSR count). The molecule has 0 amide bonds. The Bertz CT molecular complexity index is 1500. The molecule has 35 heavy (non-hydrogen) atoms. The second-order valence-electron chi connectivity index (χ2n) is 9.56. The zero-order valence-corrected chi connectivity index (χ0v) is 18.9. The highest BCUT2D eigenvalue weighted by molar-refractivity contribution is 5.99. The van der Waals surface area contributed by atoms with E-state index in [-0.39, 0.29) is 40.5 Å². The number of carbonyl (C=O) groups excluding carboxylic acids is 1. The van der Waals surface area contributed by atoms with E-state index >= 15 is 0 Å². The Balaban J connectivity index is 1.53. The summed E-state index contributed by atoms with van der Waals surface area (Å²) in [5.41, 5.74) is 0.834. The number of anilines is 1. The Morgan fingerprint density at radius 1 is 1.11 bits per heavy atom. The van der Waals surface area contributed by atoms with Crippen molar-refractivity contribution in [1.29, 1.82) is 0 Å². The number of rotatable bonds is 4. The van der Waals surface area contributed by atoms with Crippen molar-refractivity contribution in [3.8, 4) is 11.4 Å². The number of aromatic nitrogens is 4. The molecule has 3 saturated carbocycles. The molecule has 0 radical (unpaired) electrons. The van der Waals surface area contributed by atoms with Gasteiger partial charge in [0.25, 0.3) is 0 Å². The molecule has 2 atom stereocenters. The topological polar surface area (TPSA) is 113 Å². The Kier molecular flexibility index (Phi) is 4.87. The summed E-state index contributed by atoms with van der Waals surface area (Å²) in [7, 11) is 0. The van der Waals surface area contributed by atoms with Crippen LogP contribution in [-0.4, -0.2) is 42.5 Å². The van der Waals surface area contributed by atoms with Crippen LogP contribution in [0.4, 0.5) is 14.6 Å². The zero-order valence-electron chi connectivity index (χ0n) is 18.9. The summed E-state index contributed by atoms with van der Waals surface area (Å²) in [6, 6.07) is 3.40. The summed E-state index contributed by atoms with van der Waals surface area (Å²) >= 11 is 0. The van der Waals surface area contributed by atoms with Gasteiger partial charge in [-0.1, -0.05) is 0 Å². The molecule has 0 unspecified atom stereocenters. The monoisotopic (exact) mass is 479 g/mol. The highest BCUT2D eigenvalue weighted by Gasteiger charge is 2.47. The molecule has 3 N–H and O–H groups in total. The molecule has 10 heteroatoms. The second kappa shape index (κ2) is 7.86. The van der Waals surface area contributed by atoms with Crippen LogP contribution in [0, 0.1) is 29.4 Å². The maximum absolute atomic E-state index is 14.3. The van der Waals surface area contributed by atoms with Crippen molar-refractivity contribution in [2.75, 3.05) is 5.32 Å². The van der Waals surface area contributed by atoms with E-state index in [9.17, 15) is 23.5 Å². The Morgan fingerprint density at radius 3 is 2.57 bits per heavy atom. The van der Waals surface area contributed by atoms with Crippen LogP contribution in [0.1, 0.15) is 37.4 Å². The number of nitrogens with one attached hydrogen (secondary N) is 2. The van der Waals surface area contributed by atoms with Gasteiger partial charge in [0.2, 0.25) is 5.91 Å². The van der Waals surface area contributed by atoms with E-state index in [0.717, 1.165) is 31.7 Å². The second-order valence-corrected chi connectivity index (χ2v) is 9.56. The fourth-order valence-electron chi connectivity index (χ4n) is 6.01. The van der Waals surface area contributed by atoms with Gasteiger partial charge in [0.1, 0.15) is 17.5 Å². The van der Waals surface area contributed by atoms with Crippen LogP contribution < -0.4 is 5.32 Å². The van der Waals surface area contributed by atoms with Crippen molar-refractivity contribution in [1.82, 2.24) is 19.5 Å². The lowest BCUT2D eigenvalue weighted by Gasteiger charge is -2.47. The zero-order chi connectivity index (χ0) is 24.4. The molecule has 3 aliphatic carbocycles. The molecule has 180 valence electrons. The third kappa shape index (κ3) is 3.38. The molecule has 3 aliphatic rings. The average Bonchev–Trinajstić information content (AvgIpc) is 3.44. The molecular formula is C25H23F2N5O3. The minimum atomic E-state index is -0.827. The fraction of sp³-hybridized carbons (Fsp3) is 0.360. The maximum Gasteiger partial charge on any atom is 0.308 e. The smallest absolute Gasteiger partial charge is 0.308 e. The largest absolute Gasteiger partial charge is 0.481 e. The number of fused-ring (bicyclic) bond motifs is 5. The number of aromatic amines is 1. The van der Waals surface area contributed by atoms with Gasteiger partial charge >= 0.3 is 5.97 Å². The molecule has 2 bridgehead atoms. The first-order chi connectivity index (χ1) is 16.8. The molecule has 8 nitrogen and oxygen atoms in total. The highest BCUT2D eigenvalue weighted by Crippen LogP contribution is 2.46. The first-order valence-electron chi connectivity index (χ1n) is 11.7. The van der Waals surface area contributed by atoms with Crippen LogP contribution >= 0.6 is 0 Å². The summed E-state index contributed by atoms with van der Waals surface area (Å²) in [4.78, 5) is 36.5. The minimum absolute atomic E-state index is 0.105. The van der Waals surface area contributed by atoms with Crippen LogP contribution in [0.25, 0.3) is 33.3 Å². The highest BCUT2D eigenvalue weighted by atomic mass is 19.1. The van der Waals surface area contributed by atoms with E-state index in [1.165, 1.54) is 23.8 Å². The summed E-state index contributed by atoms with van der Waals surface area (Å²) in [6.45, 7) is 1.41. The molecule has 0 spiro atoms. The van der Waals surface area contributed by atoms with Gasteiger partial charge in [0, 0.05) is 42.4 Å². The molecule has 0 aliphatic heterocycles. The SMILES string of the molecule is CC(=O)n1ccc2c(N[C@H]3C4CCC(CC4)[C@@H]3C(=O)O)nc(-c3c[nH]c4c(F)cc(F)cc34)nc21. The van der Waals surface area contributed by atoms with E-state index in [4.69, 9.17) is 4.98 Å². The lowest BCUT2D eigenvalue weighted by Crippen LogP contribution is -2.51. The Morgan fingerprint density at radius 2 is 1.86 bits per heavy atom. The van der Waals surface area contributed by atoms with Crippen molar-refractivity contribution >= 4 is 39.6 Å². The van der Waals surface area contributed by atoms with Crippen LogP contribution in [-0.2, 0) is 4.79 Å². The number of hydrogen-bond donors (Lipinski definition) is 3. The van der Waals surface area contributed by atoms with Crippen molar-refractivity contribution < 1.29 is 23.5 Å². The van der Waals surface area contributed by atoms with Crippen LogP contribution in [0.2, 0.25) is 0 Å². The van der Waals surface area contributed by atoms with Gasteiger partial charge in [-0.05, 0) is 49.7 Å². The number of H-pyrrole nitrogens is 1. The molecule has 4 aromatic rings. The number of hydrogen-bond acceptors (Lipinski definition) is 5. The predicted molar refractivity (Wildman–Crippen MR) is 125 cm³/mol. The van der Waals surface area contributed by atoms with Crippen molar-refractivity contribution in [3.63, 3.8) is 0 Å². The number of nitrogens with zero attached hydrogens (tertiary/aromatic N) is 3. The van der Waals surface area contributed by atoms with Gasteiger partial charge in [-0.15, -0.1) is 0 Å². The lowest BCUT2D eigenvalue weighted by atomic mass is 9.61. The van der Waals surface area contributed by atoms with Crippen LogP contribution in [0.3, 0.4) is 0 Å². The third-order valence-corrected chi connectivity index (χ3v) is 7.64. The van der Waals surface area contributed by atoms with Gasteiger partial charge in [0.15, 0.2) is 11.5 Å². The van der Waals surface area contributed by atoms with E-state index in [2.05, 4.69) is 15.3 Å². The van der Waals surface area contributed by atoms with Crippen molar-refractivity contribution in [3.05, 3.63) is 42.2 Å². The number of carbonyl (C=O) groups is 2. The van der Waals surface area contributed by atoms with E-state index < -0.39 is 23.5 Å². The number of halogens is 2. The van der Waals surface area contributed by atoms with Crippen molar-refractivity contribution in [2.24, 2.45) is 17.8 Å². The first kappa shape index (κ1) is 21.7. The van der Waals surface area contributed by atoms with Crippen LogP contribution in [0.5, 0.6) is 0 Å². The summed E-state index contributed by atoms with van der Waals surface area (Å²) < 4.78 is 29.7. The fourth-order valence-corrected chi connectivity index (χ4v) is 6.01. The molecule has 0 saturated heterocycles. The summed E-state index contributed by atoms with van der Waals surface area (Å²) in [5, 5.41) is 14.2.